The first-order valence-electron chi connectivity index (χ1n) is 8.41. The molecular formula is C19H25N3O4. The summed E-state index contributed by atoms with van der Waals surface area (Å²) >= 11 is 0. The number of hydrogen-bond donors (Lipinski definition) is 1. The number of rotatable bonds is 7. The predicted octanol–water partition coefficient (Wildman–Crippen LogP) is 1.84. The molecule has 1 heterocycles. The SMILES string of the molecule is COc1ccccc1CNC(=O)C(C)OC(=O)Cc1c(C)nn(C)c1C. The van der Waals surface area contributed by atoms with Crippen molar-refractivity contribution in [3.8, 4) is 5.75 Å². The van der Waals surface area contributed by atoms with Gasteiger partial charge in [-0.15, -0.1) is 0 Å². The highest BCUT2D eigenvalue weighted by Gasteiger charge is 2.20. The number of aryl methyl sites for hydroxylation is 2. The summed E-state index contributed by atoms with van der Waals surface area (Å²) in [5, 5.41) is 7.03. The number of nitrogens with zero attached hydrogens (tertiary/aromatic N) is 2. The summed E-state index contributed by atoms with van der Waals surface area (Å²) in [5.74, 6) is -0.118. The highest BCUT2D eigenvalue weighted by atomic mass is 16.5. The molecule has 0 aliphatic rings. The van der Waals surface area contributed by atoms with Crippen LogP contribution in [0.15, 0.2) is 24.3 Å². The third kappa shape index (κ3) is 4.62. The Morgan fingerprint density at radius 1 is 1.27 bits per heavy atom. The maximum absolute atomic E-state index is 12.2. The number of para-hydroxylation sites is 1. The summed E-state index contributed by atoms with van der Waals surface area (Å²) in [6.07, 6.45) is -0.787. The predicted molar refractivity (Wildman–Crippen MR) is 96.8 cm³/mol. The lowest BCUT2D eigenvalue weighted by molar-refractivity contribution is -0.154. The number of aromatic nitrogens is 2. The molecule has 1 amide bonds. The molecule has 1 aromatic heterocycles. The van der Waals surface area contributed by atoms with Gasteiger partial charge in [-0.25, -0.2) is 0 Å². The van der Waals surface area contributed by atoms with Crippen molar-refractivity contribution in [3.63, 3.8) is 0 Å². The zero-order chi connectivity index (χ0) is 19.3. The van der Waals surface area contributed by atoms with Gasteiger partial charge in [-0.2, -0.15) is 5.10 Å². The minimum Gasteiger partial charge on any atom is -0.496 e. The molecule has 7 nitrogen and oxygen atoms in total. The van der Waals surface area contributed by atoms with Crippen LogP contribution in [0.3, 0.4) is 0 Å². The molecule has 1 unspecified atom stereocenters. The second-order valence-corrected chi connectivity index (χ2v) is 6.11. The van der Waals surface area contributed by atoms with Crippen LogP contribution in [0.4, 0.5) is 0 Å². The van der Waals surface area contributed by atoms with Crippen molar-refractivity contribution in [3.05, 3.63) is 46.8 Å². The lowest BCUT2D eigenvalue weighted by atomic mass is 10.1. The molecular weight excluding hydrogens is 334 g/mol. The van der Waals surface area contributed by atoms with E-state index < -0.39 is 12.1 Å². The first-order valence-corrected chi connectivity index (χ1v) is 8.41. The number of methoxy groups -OCH3 is 1. The molecule has 0 saturated carbocycles. The molecule has 0 spiro atoms. The summed E-state index contributed by atoms with van der Waals surface area (Å²) < 4.78 is 12.2. The minimum absolute atomic E-state index is 0.0929. The molecule has 2 aromatic rings. The highest BCUT2D eigenvalue weighted by Crippen LogP contribution is 2.17. The van der Waals surface area contributed by atoms with Crippen LogP contribution in [0.25, 0.3) is 0 Å². The Hall–Kier alpha value is -2.83. The third-order valence-corrected chi connectivity index (χ3v) is 4.30. The monoisotopic (exact) mass is 359 g/mol. The molecule has 2 rings (SSSR count). The van der Waals surface area contributed by atoms with Crippen LogP contribution < -0.4 is 10.1 Å². The maximum atomic E-state index is 12.2. The van der Waals surface area contributed by atoms with E-state index in [1.165, 1.54) is 0 Å². The first-order chi connectivity index (χ1) is 12.3. The van der Waals surface area contributed by atoms with Gasteiger partial charge in [-0.05, 0) is 26.8 Å². The van der Waals surface area contributed by atoms with E-state index in [0.29, 0.717) is 12.3 Å². The molecule has 0 saturated heterocycles. The van der Waals surface area contributed by atoms with E-state index in [-0.39, 0.29) is 12.3 Å². The van der Waals surface area contributed by atoms with Crippen LogP contribution in [0, 0.1) is 13.8 Å². The molecule has 1 N–H and O–H groups in total. The lowest BCUT2D eigenvalue weighted by Crippen LogP contribution is -2.35. The number of ether oxygens (including phenoxy) is 2. The third-order valence-electron chi connectivity index (χ3n) is 4.30. The lowest BCUT2D eigenvalue weighted by Gasteiger charge is -2.14. The van der Waals surface area contributed by atoms with Gasteiger partial charge in [0, 0.05) is 30.4 Å². The van der Waals surface area contributed by atoms with E-state index in [2.05, 4.69) is 10.4 Å². The average molecular weight is 359 g/mol. The Morgan fingerprint density at radius 2 is 1.96 bits per heavy atom. The highest BCUT2D eigenvalue weighted by molar-refractivity contribution is 5.84. The topological polar surface area (TPSA) is 82.4 Å². The molecule has 0 radical (unpaired) electrons. The van der Waals surface area contributed by atoms with E-state index in [0.717, 1.165) is 22.5 Å². The summed E-state index contributed by atoms with van der Waals surface area (Å²) in [7, 11) is 3.40. The van der Waals surface area contributed by atoms with Crippen LogP contribution in [0.5, 0.6) is 5.75 Å². The fourth-order valence-corrected chi connectivity index (χ4v) is 2.69. The van der Waals surface area contributed by atoms with Gasteiger partial charge in [-0.3, -0.25) is 14.3 Å². The number of hydrogen-bond acceptors (Lipinski definition) is 5. The first kappa shape index (κ1) is 19.5. The minimum atomic E-state index is -0.880. The standard InChI is InChI=1S/C19H25N3O4/c1-12-16(13(2)22(4)21-12)10-18(23)26-14(3)19(24)20-11-15-8-6-7-9-17(15)25-5/h6-9,14H,10-11H2,1-5H3,(H,20,24). The van der Waals surface area contributed by atoms with Crippen molar-refractivity contribution in [2.75, 3.05) is 7.11 Å². The van der Waals surface area contributed by atoms with Crippen molar-refractivity contribution in [2.24, 2.45) is 7.05 Å². The molecule has 140 valence electrons. The molecule has 0 aliphatic carbocycles. The van der Waals surface area contributed by atoms with Crippen LogP contribution in [-0.2, 0) is 34.3 Å². The van der Waals surface area contributed by atoms with Crippen molar-refractivity contribution in [1.29, 1.82) is 0 Å². The molecule has 7 heteroatoms. The normalized spacial score (nSPS) is 11.7. The van der Waals surface area contributed by atoms with Gasteiger partial charge < -0.3 is 14.8 Å². The Morgan fingerprint density at radius 3 is 2.58 bits per heavy atom. The number of nitrogens with one attached hydrogen (secondary N) is 1. The quantitative estimate of drug-likeness (QED) is 0.763. The summed E-state index contributed by atoms with van der Waals surface area (Å²) in [6, 6.07) is 7.41. The van der Waals surface area contributed by atoms with Gasteiger partial charge in [0.05, 0.1) is 19.2 Å². The molecule has 1 atom stereocenters. The molecule has 0 fully saturated rings. The van der Waals surface area contributed by atoms with Gasteiger partial charge in [0.25, 0.3) is 5.91 Å². The molecule has 26 heavy (non-hydrogen) atoms. The zero-order valence-electron chi connectivity index (χ0n) is 15.8. The fraction of sp³-hybridized carbons (Fsp3) is 0.421. The Bertz CT molecular complexity index is 798. The van der Waals surface area contributed by atoms with E-state index in [4.69, 9.17) is 9.47 Å². The molecule has 0 aliphatic heterocycles. The molecule has 1 aromatic carbocycles. The largest absolute Gasteiger partial charge is 0.496 e. The zero-order valence-corrected chi connectivity index (χ0v) is 15.8. The van der Waals surface area contributed by atoms with Crippen LogP contribution >= 0.6 is 0 Å². The second kappa shape index (κ2) is 8.51. The summed E-state index contributed by atoms with van der Waals surface area (Å²) in [5.41, 5.74) is 3.38. The van der Waals surface area contributed by atoms with Crippen molar-refractivity contribution >= 4 is 11.9 Å². The number of esters is 1. The number of carbonyl (C=O) groups is 2. The Balaban J connectivity index is 1.89. The van der Waals surface area contributed by atoms with Crippen LogP contribution in [-0.4, -0.2) is 34.9 Å². The van der Waals surface area contributed by atoms with Crippen LogP contribution in [0.2, 0.25) is 0 Å². The van der Waals surface area contributed by atoms with E-state index in [1.807, 2.05) is 45.2 Å². The van der Waals surface area contributed by atoms with Gasteiger partial charge in [0.1, 0.15) is 5.75 Å². The van der Waals surface area contributed by atoms with Gasteiger partial charge in [0.2, 0.25) is 0 Å². The number of benzene rings is 1. The summed E-state index contributed by atoms with van der Waals surface area (Å²) in [6.45, 7) is 5.59. The number of carbonyl (C=O) groups excluding carboxylic acids is 2. The molecule has 0 bridgehead atoms. The van der Waals surface area contributed by atoms with Gasteiger partial charge >= 0.3 is 5.97 Å². The van der Waals surface area contributed by atoms with Crippen LogP contribution in [0.1, 0.15) is 29.4 Å². The van der Waals surface area contributed by atoms with Gasteiger partial charge in [0.15, 0.2) is 6.10 Å². The smallest absolute Gasteiger partial charge is 0.311 e. The van der Waals surface area contributed by atoms with Crippen molar-refractivity contribution in [2.45, 2.75) is 39.8 Å². The van der Waals surface area contributed by atoms with Crippen molar-refractivity contribution in [1.82, 2.24) is 15.1 Å². The Kier molecular flexibility index (Phi) is 6.38. The van der Waals surface area contributed by atoms with Gasteiger partial charge in [-0.1, -0.05) is 18.2 Å². The number of amides is 1. The fourth-order valence-electron chi connectivity index (χ4n) is 2.69. The van der Waals surface area contributed by atoms with Crippen molar-refractivity contribution < 1.29 is 19.1 Å². The second-order valence-electron chi connectivity index (χ2n) is 6.11. The maximum Gasteiger partial charge on any atom is 0.311 e. The summed E-state index contributed by atoms with van der Waals surface area (Å²) in [4.78, 5) is 24.4. The van der Waals surface area contributed by atoms with E-state index >= 15 is 0 Å². The average Bonchev–Trinajstić information content (AvgIpc) is 2.85. The van der Waals surface area contributed by atoms with E-state index in [9.17, 15) is 9.59 Å². The van der Waals surface area contributed by atoms with E-state index in [1.54, 1.807) is 18.7 Å². The Labute approximate surface area is 153 Å².